The van der Waals surface area contributed by atoms with E-state index in [-0.39, 0.29) is 11.5 Å². The molecule has 0 saturated carbocycles. The number of benzene rings is 1. The summed E-state index contributed by atoms with van der Waals surface area (Å²) in [4.78, 5) is 5.23. The van der Waals surface area contributed by atoms with Crippen LogP contribution in [0.25, 0.3) is 0 Å². The molecule has 0 spiro atoms. The SMILES string of the molecule is CC(Cl)C1CC(c2ccc(Cl)cc2)=NO1. The maximum atomic E-state index is 5.94. The number of rotatable bonds is 2. The molecule has 0 radical (unpaired) electrons. The quantitative estimate of drug-likeness (QED) is 0.730. The Bertz CT molecular complexity index is 373. The predicted octanol–water partition coefficient (Wildman–Crippen LogP) is 3.46. The van der Waals surface area contributed by atoms with Gasteiger partial charge in [0.25, 0.3) is 0 Å². The van der Waals surface area contributed by atoms with Crippen LogP contribution < -0.4 is 0 Å². The van der Waals surface area contributed by atoms with Gasteiger partial charge in [0.2, 0.25) is 0 Å². The van der Waals surface area contributed by atoms with Gasteiger partial charge in [-0.05, 0) is 24.6 Å². The van der Waals surface area contributed by atoms with Crippen LogP contribution in [0.3, 0.4) is 0 Å². The Morgan fingerprint density at radius 2 is 2.07 bits per heavy atom. The van der Waals surface area contributed by atoms with Gasteiger partial charge in [-0.25, -0.2) is 0 Å². The summed E-state index contributed by atoms with van der Waals surface area (Å²) in [6.45, 7) is 1.91. The van der Waals surface area contributed by atoms with E-state index in [9.17, 15) is 0 Å². The molecule has 1 aromatic rings. The molecular formula is C11H11Cl2NO. The molecule has 2 unspecified atom stereocenters. The van der Waals surface area contributed by atoms with Gasteiger partial charge in [-0.15, -0.1) is 11.6 Å². The molecule has 15 heavy (non-hydrogen) atoms. The molecule has 2 nitrogen and oxygen atoms in total. The van der Waals surface area contributed by atoms with Crippen molar-refractivity contribution >= 4 is 28.9 Å². The minimum atomic E-state index is -0.0291. The Hall–Kier alpha value is -0.730. The molecule has 0 aromatic heterocycles. The second kappa shape index (κ2) is 4.42. The first kappa shape index (κ1) is 10.8. The van der Waals surface area contributed by atoms with Crippen LogP contribution in [0.1, 0.15) is 18.9 Å². The minimum Gasteiger partial charge on any atom is -0.390 e. The fourth-order valence-corrected chi connectivity index (χ4v) is 1.72. The molecule has 0 fully saturated rings. The molecule has 1 aromatic carbocycles. The van der Waals surface area contributed by atoms with Gasteiger partial charge < -0.3 is 4.84 Å². The van der Waals surface area contributed by atoms with E-state index >= 15 is 0 Å². The lowest BCUT2D eigenvalue weighted by Crippen LogP contribution is -2.18. The third kappa shape index (κ3) is 2.44. The number of hydrogen-bond donors (Lipinski definition) is 0. The minimum absolute atomic E-state index is 0.0163. The van der Waals surface area contributed by atoms with Gasteiger partial charge >= 0.3 is 0 Å². The Labute approximate surface area is 98.8 Å². The standard InChI is InChI=1S/C11H11Cl2NO/c1-7(12)11-6-10(14-15-11)8-2-4-9(13)5-3-8/h2-5,7,11H,6H2,1H3. The number of nitrogens with zero attached hydrogens (tertiary/aromatic N) is 1. The molecule has 2 atom stereocenters. The smallest absolute Gasteiger partial charge is 0.149 e. The molecule has 0 bridgehead atoms. The fourth-order valence-electron chi connectivity index (χ4n) is 1.46. The predicted molar refractivity (Wildman–Crippen MR) is 62.8 cm³/mol. The average molecular weight is 244 g/mol. The molecule has 80 valence electrons. The first-order valence-electron chi connectivity index (χ1n) is 4.79. The summed E-state index contributed by atoms with van der Waals surface area (Å²) in [7, 11) is 0. The number of alkyl halides is 1. The number of hydrogen-bond acceptors (Lipinski definition) is 2. The maximum absolute atomic E-state index is 5.94. The van der Waals surface area contributed by atoms with E-state index < -0.39 is 0 Å². The van der Waals surface area contributed by atoms with E-state index in [1.165, 1.54) is 0 Å². The second-order valence-corrected chi connectivity index (χ2v) is 4.70. The van der Waals surface area contributed by atoms with Crippen molar-refractivity contribution in [3.8, 4) is 0 Å². The molecule has 0 saturated heterocycles. The lowest BCUT2D eigenvalue weighted by Gasteiger charge is -2.08. The maximum Gasteiger partial charge on any atom is 0.149 e. The normalized spacial score (nSPS) is 22.1. The molecular weight excluding hydrogens is 233 g/mol. The van der Waals surface area contributed by atoms with Crippen LogP contribution in [0.4, 0.5) is 0 Å². The van der Waals surface area contributed by atoms with Crippen molar-refractivity contribution in [2.75, 3.05) is 0 Å². The highest BCUT2D eigenvalue weighted by Crippen LogP contribution is 2.22. The summed E-state index contributed by atoms with van der Waals surface area (Å²) in [5.41, 5.74) is 1.98. The van der Waals surface area contributed by atoms with Crippen LogP contribution in [0.15, 0.2) is 29.4 Å². The van der Waals surface area contributed by atoms with Gasteiger partial charge in [0.15, 0.2) is 0 Å². The highest BCUT2D eigenvalue weighted by molar-refractivity contribution is 6.30. The lowest BCUT2D eigenvalue weighted by atomic mass is 10.0. The molecule has 2 rings (SSSR count). The van der Waals surface area contributed by atoms with Crippen molar-refractivity contribution in [3.05, 3.63) is 34.9 Å². The summed E-state index contributed by atoms with van der Waals surface area (Å²) in [6.07, 6.45) is 0.740. The van der Waals surface area contributed by atoms with Crippen LogP contribution in [0.5, 0.6) is 0 Å². The highest BCUT2D eigenvalue weighted by Gasteiger charge is 2.25. The van der Waals surface area contributed by atoms with Crippen molar-refractivity contribution < 1.29 is 4.84 Å². The van der Waals surface area contributed by atoms with Crippen LogP contribution in [-0.4, -0.2) is 17.2 Å². The van der Waals surface area contributed by atoms with Crippen molar-refractivity contribution in [2.24, 2.45) is 5.16 Å². The van der Waals surface area contributed by atoms with Crippen molar-refractivity contribution in [1.82, 2.24) is 0 Å². The molecule has 0 amide bonds. The first-order chi connectivity index (χ1) is 7.16. The van der Waals surface area contributed by atoms with Gasteiger partial charge in [0.05, 0.1) is 11.1 Å². The average Bonchev–Trinajstić information content (AvgIpc) is 2.68. The summed E-state index contributed by atoms with van der Waals surface area (Å²) >= 11 is 11.7. The lowest BCUT2D eigenvalue weighted by molar-refractivity contribution is 0.0855. The van der Waals surface area contributed by atoms with E-state index in [0.29, 0.717) is 0 Å². The van der Waals surface area contributed by atoms with Gasteiger partial charge in [-0.2, -0.15) is 0 Å². The summed E-state index contributed by atoms with van der Waals surface area (Å²) < 4.78 is 0. The Morgan fingerprint density at radius 3 is 2.60 bits per heavy atom. The molecule has 0 N–H and O–H groups in total. The zero-order chi connectivity index (χ0) is 10.8. The van der Waals surface area contributed by atoms with Crippen LogP contribution in [0, 0.1) is 0 Å². The largest absolute Gasteiger partial charge is 0.390 e. The highest BCUT2D eigenvalue weighted by atomic mass is 35.5. The van der Waals surface area contributed by atoms with E-state index in [1.807, 2.05) is 31.2 Å². The molecule has 1 aliphatic rings. The molecule has 4 heteroatoms. The Morgan fingerprint density at radius 1 is 1.40 bits per heavy atom. The van der Waals surface area contributed by atoms with Crippen molar-refractivity contribution in [3.63, 3.8) is 0 Å². The van der Waals surface area contributed by atoms with E-state index in [0.717, 1.165) is 22.7 Å². The van der Waals surface area contributed by atoms with Crippen LogP contribution in [0.2, 0.25) is 5.02 Å². The first-order valence-corrected chi connectivity index (χ1v) is 5.61. The van der Waals surface area contributed by atoms with E-state index in [2.05, 4.69) is 5.16 Å². The van der Waals surface area contributed by atoms with Gasteiger partial charge in [-0.3, -0.25) is 0 Å². The molecule has 1 aliphatic heterocycles. The summed E-state index contributed by atoms with van der Waals surface area (Å²) in [5, 5.41) is 4.72. The summed E-state index contributed by atoms with van der Waals surface area (Å²) in [5.74, 6) is 0. The van der Waals surface area contributed by atoms with Crippen molar-refractivity contribution in [1.29, 1.82) is 0 Å². The van der Waals surface area contributed by atoms with Crippen LogP contribution >= 0.6 is 23.2 Å². The van der Waals surface area contributed by atoms with Gasteiger partial charge in [0, 0.05) is 11.4 Å². The monoisotopic (exact) mass is 243 g/mol. The third-order valence-electron chi connectivity index (χ3n) is 2.38. The molecule has 1 heterocycles. The number of halogens is 2. The Balaban J connectivity index is 2.11. The van der Waals surface area contributed by atoms with Gasteiger partial charge in [0.1, 0.15) is 6.10 Å². The van der Waals surface area contributed by atoms with Gasteiger partial charge in [-0.1, -0.05) is 28.9 Å². The van der Waals surface area contributed by atoms with E-state index in [4.69, 9.17) is 28.0 Å². The zero-order valence-electron chi connectivity index (χ0n) is 8.28. The molecule has 0 aliphatic carbocycles. The van der Waals surface area contributed by atoms with Crippen molar-refractivity contribution in [2.45, 2.75) is 24.8 Å². The number of oxime groups is 1. The second-order valence-electron chi connectivity index (χ2n) is 3.57. The topological polar surface area (TPSA) is 21.6 Å². The van der Waals surface area contributed by atoms with Crippen LogP contribution in [-0.2, 0) is 4.84 Å². The Kier molecular flexibility index (Phi) is 3.17. The zero-order valence-corrected chi connectivity index (χ0v) is 9.79. The summed E-state index contributed by atoms with van der Waals surface area (Å²) in [6, 6.07) is 7.56. The third-order valence-corrected chi connectivity index (χ3v) is 2.92. The van der Waals surface area contributed by atoms with E-state index in [1.54, 1.807) is 0 Å². The fraction of sp³-hybridized carbons (Fsp3) is 0.364.